The quantitative estimate of drug-likeness (QED) is 0.551. The molecule has 3 nitrogen and oxygen atoms in total. The Morgan fingerprint density at radius 2 is 2.10 bits per heavy atom. The lowest BCUT2D eigenvalue weighted by atomic mass is 10.2. The maximum atomic E-state index is 10.4. The third-order valence-electron chi connectivity index (χ3n) is 0.899. The van der Waals surface area contributed by atoms with Gasteiger partial charge in [0.1, 0.15) is 6.61 Å². The fraction of sp³-hybridized carbons (Fsp3) is 0.857. The van der Waals surface area contributed by atoms with E-state index in [1.54, 1.807) is 0 Å². The Hall–Kier alpha value is -0.570. The summed E-state index contributed by atoms with van der Waals surface area (Å²) in [7, 11) is 1.35. The molecule has 0 rings (SSSR count). The first kappa shape index (κ1) is 9.43. The summed E-state index contributed by atoms with van der Waals surface area (Å²) in [6.07, 6.45) is 0. The Morgan fingerprint density at radius 3 is 2.50 bits per heavy atom. The number of hydrogen-bond acceptors (Lipinski definition) is 3. The van der Waals surface area contributed by atoms with Crippen molar-refractivity contribution in [2.45, 2.75) is 13.8 Å². The SMILES string of the molecule is COC(=O)COCC(C)C. The predicted octanol–water partition coefficient (Wildman–Crippen LogP) is 0.832. The van der Waals surface area contributed by atoms with Gasteiger partial charge in [-0.1, -0.05) is 13.8 Å². The van der Waals surface area contributed by atoms with Gasteiger partial charge in [0.2, 0.25) is 0 Å². The smallest absolute Gasteiger partial charge is 0.331 e. The van der Waals surface area contributed by atoms with Gasteiger partial charge >= 0.3 is 5.97 Å². The molecule has 0 aromatic rings. The molecule has 0 spiro atoms. The molecule has 60 valence electrons. The van der Waals surface area contributed by atoms with Crippen LogP contribution in [0.4, 0.5) is 0 Å². The van der Waals surface area contributed by atoms with Gasteiger partial charge in [-0.15, -0.1) is 0 Å². The molecule has 0 radical (unpaired) electrons. The zero-order valence-electron chi connectivity index (χ0n) is 6.72. The van der Waals surface area contributed by atoms with Crippen molar-refractivity contribution in [3.05, 3.63) is 0 Å². The summed E-state index contributed by atoms with van der Waals surface area (Å²) in [4.78, 5) is 10.4. The van der Waals surface area contributed by atoms with Crippen LogP contribution in [0.3, 0.4) is 0 Å². The molecule has 0 aromatic heterocycles. The Morgan fingerprint density at radius 1 is 1.50 bits per heavy atom. The topological polar surface area (TPSA) is 35.5 Å². The van der Waals surface area contributed by atoms with Crippen LogP contribution >= 0.6 is 0 Å². The molecule has 0 saturated carbocycles. The molecule has 0 aliphatic rings. The normalized spacial score (nSPS) is 10.0. The fourth-order valence-electron chi connectivity index (χ4n) is 0.437. The standard InChI is InChI=1S/C7H14O3/c1-6(2)4-10-5-7(8)9-3/h6H,4-5H2,1-3H3. The third-order valence-corrected chi connectivity index (χ3v) is 0.899. The molecule has 0 aromatic carbocycles. The van der Waals surface area contributed by atoms with Gasteiger partial charge in [0.25, 0.3) is 0 Å². The van der Waals surface area contributed by atoms with Crippen LogP contribution in [0.15, 0.2) is 0 Å². The van der Waals surface area contributed by atoms with Crippen molar-refractivity contribution in [3.63, 3.8) is 0 Å². The second-order valence-electron chi connectivity index (χ2n) is 2.49. The lowest BCUT2D eigenvalue weighted by Gasteiger charge is -2.04. The first-order valence-corrected chi connectivity index (χ1v) is 3.31. The third kappa shape index (κ3) is 5.56. The summed E-state index contributed by atoms with van der Waals surface area (Å²) < 4.78 is 9.34. The highest BCUT2D eigenvalue weighted by Crippen LogP contribution is 1.91. The van der Waals surface area contributed by atoms with Gasteiger partial charge in [0, 0.05) is 6.61 Å². The maximum absolute atomic E-state index is 10.4. The molecule has 0 aliphatic carbocycles. The molecule has 0 N–H and O–H groups in total. The number of methoxy groups -OCH3 is 1. The second-order valence-corrected chi connectivity index (χ2v) is 2.49. The minimum atomic E-state index is -0.319. The Labute approximate surface area is 61.3 Å². The summed E-state index contributed by atoms with van der Waals surface area (Å²) in [5.74, 6) is 0.144. The lowest BCUT2D eigenvalue weighted by molar-refractivity contribution is -0.146. The van der Waals surface area contributed by atoms with E-state index in [2.05, 4.69) is 4.74 Å². The number of hydrogen-bond donors (Lipinski definition) is 0. The molecule has 0 amide bonds. The van der Waals surface area contributed by atoms with E-state index in [0.29, 0.717) is 12.5 Å². The maximum Gasteiger partial charge on any atom is 0.331 e. The molecule has 0 bridgehead atoms. The van der Waals surface area contributed by atoms with E-state index in [-0.39, 0.29) is 12.6 Å². The number of carbonyl (C=O) groups excluding carboxylic acids is 1. The van der Waals surface area contributed by atoms with E-state index >= 15 is 0 Å². The van der Waals surface area contributed by atoms with Crippen LogP contribution in [-0.4, -0.2) is 26.3 Å². The minimum absolute atomic E-state index is 0.0642. The van der Waals surface area contributed by atoms with Gasteiger partial charge in [0.15, 0.2) is 0 Å². The zero-order valence-corrected chi connectivity index (χ0v) is 6.72. The van der Waals surface area contributed by atoms with Gasteiger partial charge in [-0.25, -0.2) is 4.79 Å². The summed E-state index contributed by atoms with van der Waals surface area (Å²) in [5, 5.41) is 0. The molecule has 0 heterocycles. The average Bonchev–Trinajstić information content (AvgIpc) is 1.87. The first-order chi connectivity index (χ1) is 4.66. The number of ether oxygens (including phenoxy) is 2. The van der Waals surface area contributed by atoms with Gasteiger partial charge in [-0.3, -0.25) is 0 Å². The predicted molar refractivity (Wildman–Crippen MR) is 37.7 cm³/mol. The van der Waals surface area contributed by atoms with Crippen LogP contribution in [0.5, 0.6) is 0 Å². The van der Waals surface area contributed by atoms with E-state index in [4.69, 9.17) is 4.74 Å². The summed E-state index contributed by atoms with van der Waals surface area (Å²) in [6, 6.07) is 0. The Balaban J connectivity index is 3.12. The molecule has 0 fully saturated rings. The number of carbonyl (C=O) groups is 1. The van der Waals surface area contributed by atoms with Crippen molar-refractivity contribution in [1.82, 2.24) is 0 Å². The molecule has 3 heteroatoms. The summed E-state index contributed by atoms with van der Waals surface area (Å²) >= 11 is 0. The van der Waals surface area contributed by atoms with Gasteiger partial charge in [-0.05, 0) is 5.92 Å². The first-order valence-electron chi connectivity index (χ1n) is 3.31. The minimum Gasteiger partial charge on any atom is -0.467 e. The van der Waals surface area contributed by atoms with Crippen molar-refractivity contribution in [1.29, 1.82) is 0 Å². The number of rotatable bonds is 4. The van der Waals surface area contributed by atoms with Crippen LogP contribution < -0.4 is 0 Å². The van der Waals surface area contributed by atoms with E-state index in [9.17, 15) is 4.79 Å². The molecule has 0 saturated heterocycles. The van der Waals surface area contributed by atoms with Crippen LogP contribution in [0.1, 0.15) is 13.8 Å². The Kier molecular flexibility index (Phi) is 4.94. The molecule has 10 heavy (non-hydrogen) atoms. The highest BCUT2D eigenvalue weighted by Gasteiger charge is 1.99. The van der Waals surface area contributed by atoms with Crippen molar-refractivity contribution in [3.8, 4) is 0 Å². The van der Waals surface area contributed by atoms with Crippen LogP contribution in [0.2, 0.25) is 0 Å². The number of esters is 1. The van der Waals surface area contributed by atoms with Crippen molar-refractivity contribution in [2.75, 3.05) is 20.3 Å². The second kappa shape index (κ2) is 5.23. The van der Waals surface area contributed by atoms with Gasteiger partial charge in [-0.2, -0.15) is 0 Å². The molecule has 0 unspecified atom stereocenters. The summed E-state index contributed by atoms with van der Waals surface area (Å²) in [5.41, 5.74) is 0. The highest BCUT2D eigenvalue weighted by atomic mass is 16.6. The lowest BCUT2D eigenvalue weighted by Crippen LogP contribution is -2.12. The molecule has 0 aliphatic heterocycles. The van der Waals surface area contributed by atoms with Crippen LogP contribution in [0.25, 0.3) is 0 Å². The van der Waals surface area contributed by atoms with Gasteiger partial charge < -0.3 is 9.47 Å². The van der Waals surface area contributed by atoms with Crippen molar-refractivity contribution in [2.24, 2.45) is 5.92 Å². The van der Waals surface area contributed by atoms with Crippen molar-refractivity contribution < 1.29 is 14.3 Å². The largest absolute Gasteiger partial charge is 0.467 e. The van der Waals surface area contributed by atoms with E-state index in [1.807, 2.05) is 13.8 Å². The average molecular weight is 146 g/mol. The van der Waals surface area contributed by atoms with E-state index in [0.717, 1.165) is 0 Å². The fourth-order valence-corrected chi connectivity index (χ4v) is 0.437. The molecule has 0 atom stereocenters. The van der Waals surface area contributed by atoms with Crippen LogP contribution in [0, 0.1) is 5.92 Å². The van der Waals surface area contributed by atoms with Crippen molar-refractivity contribution >= 4 is 5.97 Å². The van der Waals surface area contributed by atoms with Gasteiger partial charge in [0.05, 0.1) is 7.11 Å². The zero-order chi connectivity index (χ0) is 7.98. The monoisotopic (exact) mass is 146 g/mol. The summed E-state index contributed by atoms with van der Waals surface area (Å²) in [6.45, 7) is 4.72. The van der Waals surface area contributed by atoms with Crippen LogP contribution in [-0.2, 0) is 14.3 Å². The highest BCUT2D eigenvalue weighted by molar-refractivity contribution is 5.70. The van der Waals surface area contributed by atoms with E-state index in [1.165, 1.54) is 7.11 Å². The molecular weight excluding hydrogens is 132 g/mol. The molecular formula is C7H14O3. The van der Waals surface area contributed by atoms with E-state index < -0.39 is 0 Å². The Bertz CT molecular complexity index is 99.0.